The molecule has 0 amide bonds. The highest BCUT2D eigenvalue weighted by Crippen LogP contribution is 2.25. The number of hydrazone groups is 1. The van der Waals surface area contributed by atoms with Gasteiger partial charge in [-0.25, -0.2) is 13.8 Å². The Labute approximate surface area is 133 Å². The normalized spacial score (nSPS) is 10.9. The summed E-state index contributed by atoms with van der Waals surface area (Å²) in [6.45, 7) is 0. The van der Waals surface area contributed by atoms with Crippen molar-refractivity contribution >= 4 is 17.6 Å². The molecule has 0 fully saturated rings. The summed E-state index contributed by atoms with van der Waals surface area (Å²) >= 11 is 0. The van der Waals surface area contributed by atoms with Gasteiger partial charge in [0, 0.05) is 0 Å². The van der Waals surface area contributed by atoms with E-state index in [0.29, 0.717) is 0 Å². The van der Waals surface area contributed by atoms with Crippen LogP contribution in [0.4, 0.5) is 20.2 Å². The third-order valence-electron chi connectivity index (χ3n) is 3.30. The molecule has 0 atom stereocenters. The van der Waals surface area contributed by atoms with E-state index in [4.69, 9.17) is 0 Å². The lowest BCUT2D eigenvalue weighted by molar-refractivity contribution is 0.580. The Morgan fingerprint density at radius 1 is 0.652 bits per heavy atom. The van der Waals surface area contributed by atoms with Crippen LogP contribution < -0.4 is 5.01 Å². The Kier molecular flexibility index (Phi) is 4.43. The van der Waals surface area contributed by atoms with Gasteiger partial charge >= 0.3 is 0 Å². The van der Waals surface area contributed by atoms with Gasteiger partial charge in [-0.2, -0.15) is 5.10 Å². The zero-order chi connectivity index (χ0) is 16.1. The Balaban J connectivity index is 2.02. The first-order valence-electron chi connectivity index (χ1n) is 7.14. The van der Waals surface area contributed by atoms with E-state index in [1.807, 2.05) is 60.7 Å². The SMILES string of the molecule is Fc1cccc(F)c1C=NN(c1ccccc1)c1ccccc1. The van der Waals surface area contributed by atoms with E-state index < -0.39 is 11.6 Å². The smallest absolute Gasteiger partial charge is 0.134 e. The molecule has 0 aliphatic carbocycles. The zero-order valence-corrected chi connectivity index (χ0v) is 12.2. The maximum absolute atomic E-state index is 13.8. The van der Waals surface area contributed by atoms with Gasteiger partial charge in [0.2, 0.25) is 0 Å². The van der Waals surface area contributed by atoms with Crippen LogP contribution in [-0.2, 0) is 0 Å². The monoisotopic (exact) mass is 308 g/mol. The maximum atomic E-state index is 13.8. The minimum atomic E-state index is -0.644. The molecule has 114 valence electrons. The fourth-order valence-corrected chi connectivity index (χ4v) is 2.17. The standard InChI is InChI=1S/C19H14F2N2/c20-18-12-7-13-19(21)17(18)14-22-23(15-8-3-1-4-9-15)16-10-5-2-6-11-16/h1-14H. The van der Waals surface area contributed by atoms with Crippen LogP contribution >= 0.6 is 0 Å². The molecule has 0 aliphatic heterocycles. The van der Waals surface area contributed by atoms with Crippen molar-refractivity contribution in [3.05, 3.63) is 96.1 Å². The number of halogens is 2. The van der Waals surface area contributed by atoms with Crippen LogP contribution in [0.2, 0.25) is 0 Å². The van der Waals surface area contributed by atoms with E-state index in [9.17, 15) is 8.78 Å². The molecule has 0 heterocycles. The number of para-hydroxylation sites is 2. The molecule has 4 heteroatoms. The molecule has 2 nitrogen and oxygen atoms in total. The van der Waals surface area contributed by atoms with Crippen molar-refractivity contribution in [2.24, 2.45) is 5.10 Å². The highest BCUT2D eigenvalue weighted by atomic mass is 19.1. The molecule has 0 saturated carbocycles. The van der Waals surface area contributed by atoms with Crippen LogP contribution in [0.5, 0.6) is 0 Å². The van der Waals surface area contributed by atoms with Crippen LogP contribution in [-0.4, -0.2) is 6.21 Å². The molecule has 23 heavy (non-hydrogen) atoms. The van der Waals surface area contributed by atoms with E-state index in [1.165, 1.54) is 24.4 Å². The summed E-state index contributed by atoms with van der Waals surface area (Å²) in [6.07, 6.45) is 1.20. The van der Waals surface area contributed by atoms with Gasteiger partial charge in [0.1, 0.15) is 11.6 Å². The lowest BCUT2D eigenvalue weighted by Crippen LogP contribution is -2.10. The van der Waals surface area contributed by atoms with Gasteiger partial charge in [-0.3, -0.25) is 0 Å². The van der Waals surface area contributed by atoms with Crippen LogP contribution in [0.3, 0.4) is 0 Å². The van der Waals surface area contributed by atoms with Gasteiger partial charge in [0.15, 0.2) is 0 Å². The molecule has 3 aromatic carbocycles. The maximum Gasteiger partial charge on any atom is 0.134 e. The quantitative estimate of drug-likeness (QED) is 0.481. The molecule has 0 spiro atoms. The topological polar surface area (TPSA) is 15.6 Å². The minimum Gasteiger partial charge on any atom is -0.234 e. The van der Waals surface area contributed by atoms with Gasteiger partial charge in [0.25, 0.3) is 0 Å². The van der Waals surface area contributed by atoms with Crippen LogP contribution in [0.25, 0.3) is 0 Å². The Morgan fingerprint density at radius 3 is 1.61 bits per heavy atom. The molecular formula is C19H14F2N2. The van der Waals surface area contributed by atoms with E-state index in [2.05, 4.69) is 5.10 Å². The van der Waals surface area contributed by atoms with Crippen LogP contribution in [0.1, 0.15) is 5.56 Å². The number of hydrogen-bond acceptors (Lipinski definition) is 2. The van der Waals surface area contributed by atoms with Crippen molar-refractivity contribution in [3.8, 4) is 0 Å². The zero-order valence-electron chi connectivity index (χ0n) is 12.2. The molecule has 3 rings (SSSR count). The minimum absolute atomic E-state index is 0.163. The summed E-state index contributed by atoms with van der Waals surface area (Å²) in [5.41, 5.74) is 1.43. The molecule has 0 bridgehead atoms. The summed E-state index contributed by atoms with van der Waals surface area (Å²) in [5.74, 6) is -1.29. The molecule has 0 aliphatic rings. The summed E-state index contributed by atoms with van der Waals surface area (Å²) in [5, 5.41) is 5.92. The van der Waals surface area contributed by atoms with Gasteiger partial charge in [-0.1, -0.05) is 42.5 Å². The van der Waals surface area contributed by atoms with Gasteiger partial charge in [0.05, 0.1) is 23.2 Å². The number of hydrogen-bond donors (Lipinski definition) is 0. The van der Waals surface area contributed by atoms with Crippen molar-refractivity contribution in [3.63, 3.8) is 0 Å². The first-order valence-corrected chi connectivity index (χ1v) is 7.14. The molecule has 0 N–H and O–H groups in total. The summed E-state index contributed by atoms with van der Waals surface area (Å²) < 4.78 is 27.5. The molecule has 0 aromatic heterocycles. The average Bonchev–Trinajstić information content (AvgIpc) is 2.59. The predicted molar refractivity (Wildman–Crippen MR) is 89.0 cm³/mol. The molecule has 0 unspecified atom stereocenters. The molecule has 3 aromatic rings. The van der Waals surface area contributed by atoms with Gasteiger partial charge < -0.3 is 0 Å². The highest BCUT2D eigenvalue weighted by Gasteiger charge is 2.09. The van der Waals surface area contributed by atoms with Crippen molar-refractivity contribution in [2.45, 2.75) is 0 Å². The second kappa shape index (κ2) is 6.83. The van der Waals surface area contributed by atoms with Gasteiger partial charge in [-0.15, -0.1) is 0 Å². The lowest BCUT2D eigenvalue weighted by Gasteiger charge is -2.19. The Bertz CT molecular complexity index is 742. The van der Waals surface area contributed by atoms with Gasteiger partial charge in [-0.05, 0) is 36.4 Å². The highest BCUT2D eigenvalue weighted by molar-refractivity contribution is 5.82. The summed E-state index contributed by atoms with van der Waals surface area (Å²) in [7, 11) is 0. The Morgan fingerprint density at radius 2 is 1.13 bits per heavy atom. The molecular weight excluding hydrogens is 294 g/mol. The third-order valence-corrected chi connectivity index (χ3v) is 3.30. The van der Waals surface area contributed by atoms with Crippen molar-refractivity contribution in [1.29, 1.82) is 0 Å². The van der Waals surface area contributed by atoms with E-state index >= 15 is 0 Å². The predicted octanol–water partition coefficient (Wildman–Crippen LogP) is 5.14. The first-order chi connectivity index (χ1) is 11.3. The fourth-order valence-electron chi connectivity index (χ4n) is 2.17. The first kappa shape index (κ1) is 14.9. The second-order valence-electron chi connectivity index (χ2n) is 4.86. The lowest BCUT2D eigenvalue weighted by atomic mass is 10.2. The number of nitrogens with zero attached hydrogens (tertiary/aromatic N) is 2. The van der Waals surface area contributed by atoms with Crippen molar-refractivity contribution < 1.29 is 8.78 Å². The summed E-state index contributed by atoms with van der Waals surface area (Å²) in [6, 6.07) is 22.6. The summed E-state index contributed by atoms with van der Waals surface area (Å²) in [4.78, 5) is 0. The number of rotatable bonds is 4. The van der Waals surface area contributed by atoms with E-state index in [-0.39, 0.29) is 5.56 Å². The average molecular weight is 308 g/mol. The van der Waals surface area contributed by atoms with Crippen molar-refractivity contribution in [1.82, 2.24) is 0 Å². The fraction of sp³-hybridized carbons (Fsp3) is 0. The third kappa shape index (κ3) is 3.43. The Hall–Kier alpha value is -3.01. The second-order valence-corrected chi connectivity index (χ2v) is 4.86. The van der Waals surface area contributed by atoms with E-state index in [0.717, 1.165) is 11.4 Å². The van der Waals surface area contributed by atoms with Crippen molar-refractivity contribution in [2.75, 3.05) is 5.01 Å². The molecule has 0 radical (unpaired) electrons. The van der Waals surface area contributed by atoms with E-state index in [1.54, 1.807) is 5.01 Å². The van der Waals surface area contributed by atoms with Crippen LogP contribution in [0.15, 0.2) is 84.0 Å². The molecule has 0 saturated heterocycles. The van der Waals surface area contributed by atoms with Crippen LogP contribution in [0, 0.1) is 11.6 Å². The largest absolute Gasteiger partial charge is 0.234 e. The number of anilines is 2. The number of benzene rings is 3.